The van der Waals surface area contributed by atoms with Crippen molar-refractivity contribution in [2.24, 2.45) is 5.73 Å². The SMILES string of the molecule is NC(=O)C1CN([C@@H](c2ccc(F)c(Cl)c2)c2csc(C3(C(F)(F)F)CC3)n2)C(=O)N1. The highest BCUT2D eigenvalue weighted by Gasteiger charge is 2.66. The molecule has 1 aliphatic heterocycles. The molecule has 1 saturated carbocycles. The molecule has 3 amide bonds. The van der Waals surface area contributed by atoms with Crippen LogP contribution in [-0.2, 0) is 10.2 Å². The van der Waals surface area contributed by atoms with Crippen LogP contribution in [0.2, 0.25) is 5.02 Å². The molecule has 3 N–H and O–H groups in total. The van der Waals surface area contributed by atoms with Gasteiger partial charge in [-0.3, -0.25) is 4.79 Å². The maximum atomic E-state index is 13.7. The number of hydrogen-bond acceptors (Lipinski definition) is 4. The Morgan fingerprint density at radius 1 is 1.40 bits per heavy atom. The van der Waals surface area contributed by atoms with Gasteiger partial charge in [0.2, 0.25) is 5.91 Å². The number of primary amides is 1. The second-order valence-electron chi connectivity index (χ2n) is 7.29. The van der Waals surface area contributed by atoms with E-state index in [-0.39, 0.29) is 35.1 Å². The Bertz CT molecular complexity index is 1020. The van der Waals surface area contributed by atoms with E-state index in [0.717, 1.165) is 17.4 Å². The Morgan fingerprint density at radius 3 is 2.63 bits per heavy atom. The molecule has 1 unspecified atom stereocenters. The summed E-state index contributed by atoms with van der Waals surface area (Å²) in [6, 6.07) is 1.15. The average molecular weight is 463 g/mol. The highest BCUT2D eigenvalue weighted by Crippen LogP contribution is 2.59. The number of carbonyl (C=O) groups excluding carboxylic acids is 2. The minimum absolute atomic E-state index is 0.0511. The minimum atomic E-state index is -4.43. The van der Waals surface area contributed by atoms with Gasteiger partial charge in [-0.05, 0) is 30.5 Å². The number of thiazole rings is 1. The third-order valence-corrected chi connectivity index (χ3v) is 6.71. The lowest BCUT2D eigenvalue weighted by molar-refractivity contribution is -0.160. The van der Waals surface area contributed by atoms with Gasteiger partial charge in [-0.25, -0.2) is 14.2 Å². The number of rotatable bonds is 5. The van der Waals surface area contributed by atoms with Gasteiger partial charge >= 0.3 is 12.2 Å². The molecule has 160 valence electrons. The van der Waals surface area contributed by atoms with Crippen LogP contribution < -0.4 is 11.1 Å². The summed E-state index contributed by atoms with van der Waals surface area (Å²) in [6.45, 7) is -0.120. The molecule has 2 fully saturated rings. The quantitative estimate of drug-likeness (QED) is 0.667. The summed E-state index contributed by atoms with van der Waals surface area (Å²) in [5.41, 5.74) is 3.82. The second kappa shape index (κ2) is 7.09. The van der Waals surface area contributed by atoms with Crippen molar-refractivity contribution >= 4 is 34.9 Å². The molecule has 0 radical (unpaired) electrons. The molecule has 4 rings (SSSR count). The van der Waals surface area contributed by atoms with Crippen LogP contribution in [0.4, 0.5) is 22.4 Å². The van der Waals surface area contributed by atoms with E-state index < -0.39 is 41.4 Å². The van der Waals surface area contributed by atoms with E-state index in [1.165, 1.54) is 22.4 Å². The number of urea groups is 1. The normalized spacial score (nSPS) is 21.4. The van der Waals surface area contributed by atoms with E-state index in [0.29, 0.717) is 5.56 Å². The number of carbonyl (C=O) groups is 2. The summed E-state index contributed by atoms with van der Waals surface area (Å²) < 4.78 is 54.2. The number of benzene rings is 1. The number of hydrogen-bond donors (Lipinski definition) is 2. The monoisotopic (exact) mass is 462 g/mol. The highest BCUT2D eigenvalue weighted by atomic mass is 35.5. The average Bonchev–Trinajstić information content (AvgIpc) is 3.21. The van der Waals surface area contributed by atoms with Gasteiger partial charge in [-0.2, -0.15) is 13.2 Å². The number of aromatic nitrogens is 1. The number of alkyl halides is 3. The molecule has 2 aliphatic rings. The smallest absolute Gasteiger partial charge is 0.368 e. The first-order chi connectivity index (χ1) is 14.0. The van der Waals surface area contributed by atoms with Crippen LogP contribution in [0.1, 0.15) is 35.1 Å². The summed E-state index contributed by atoms with van der Waals surface area (Å²) >= 11 is 6.74. The van der Waals surface area contributed by atoms with Gasteiger partial charge in [-0.1, -0.05) is 17.7 Å². The predicted octanol–water partition coefficient (Wildman–Crippen LogP) is 3.50. The second-order valence-corrected chi connectivity index (χ2v) is 8.56. The van der Waals surface area contributed by atoms with Gasteiger partial charge < -0.3 is 16.0 Å². The maximum Gasteiger partial charge on any atom is 0.400 e. The van der Waals surface area contributed by atoms with Crippen molar-refractivity contribution in [3.63, 3.8) is 0 Å². The zero-order valence-corrected chi connectivity index (χ0v) is 16.7. The first-order valence-electron chi connectivity index (χ1n) is 8.87. The van der Waals surface area contributed by atoms with Gasteiger partial charge in [0.1, 0.15) is 28.3 Å². The molecule has 2 atom stereocenters. The first-order valence-corrected chi connectivity index (χ1v) is 10.1. The van der Waals surface area contributed by atoms with Crippen LogP contribution in [0.5, 0.6) is 0 Å². The molecule has 30 heavy (non-hydrogen) atoms. The van der Waals surface area contributed by atoms with Gasteiger partial charge in [0.05, 0.1) is 17.3 Å². The highest BCUT2D eigenvalue weighted by molar-refractivity contribution is 7.09. The van der Waals surface area contributed by atoms with E-state index in [1.807, 2.05) is 0 Å². The van der Waals surface area contributed by atoms with Crippen molar-refractivity contribution in [1.82, 2.24) is 15.2 Å². The van der Waals surface area contributed by atoms with Crippen LogP contribution in [0.15, 0.2) is 23.6 Å². The Morgan fingerprint density at radius 2 is 2.10 bits per heavy atom. The van der Waals surface area contributed by atoms with Crippen molar-refractivity contribution < 1.29 is 27.2 Å². The summed E-state index contributed by atoms with van der Waals surface area (Å²) in [7, 11) is 0. The molecular weight excluding hydrogens is 448 g/mol. The minimum Gasteiger partial charge on any atom is -0.368 e. The van der Waals surface area contributed by atoms with Crippen LogP contribution in [0.25, 0.3) is 0 Å². The molecule has 0 bridgehead atoms. The molecule has 6 nitrogen and oxygen atoms in total. The fourth-order valence-corrected chi connectivity index (χ4v) is 4.82. The number of nitrogens with zero attached hydrogens (tertiary/aromatic N) is 2. The van der Waals surface area contributed by atoms with Crippen molar-refractivity contribution in [3.05, 3.63) is 50.7 Å². The third-order valence-electron chi connectivity index (χ3n) is 5.36. The lowest BCUT2D eigenvalue weighted by Gasteiger charge is -2.26. The summed E-state index contributed by atoms with van der Waals surface area (Å²) in [5, 5.41) is 3.56. The Labute approximate surface area is 177 Å². The van der Waals surface area contributed by atoms with E-state index in [1.54, 1.807) is 0 Å². The molecule has 2 heterocycles. The maximum absolute atomic E-state index is 13.7. The van der Waals surface area contributed by atoms with E-state index in [9.17, 15) is 27.2 Å². The zero-order chi connectivity index (χ0) is 21.8. The topological polar surface area (TPSA) is 88.3 Å². The summed E-state index contributed by atoms with van der Waals surface area (Å²) in [4.78, 5) is 29.5. The fourth-order valence-electron chi connectivity index (χ4n) is 3.51. The van der Waals surface area contributed by atoms with Crippen molar-refractivity contribution in [3.8, 4) is 0 Å². The van der Waals surface area contributed by atoms with Gasteiger partial charge in [-0.15, -0.1) is 11.3 Å². The lowest BCUT2D eigenvalue weighted by Crippen LogP contribution is -2.39. The van der Waals surface area contributed by atoms with Crippen LogP contribution in [0.3, 0.4) is 0 Å². The fraction of sp³-hybridized carbons (Fsp3) is 0.389. The number of nitrogens with two attached hydrogens (primary N) is 1. The summed E-state index contributed by atoms with van der Waals surface area (Å²) in [6.07, 6.45) is -4.53. The molecular formula is C18H15ClF4N4O2S. The molecule has 1 saturated heterocycles. The third kappa shape index (κ3) is 3.39. The molecule has 1 aromatic heterocycles. The van der Waals surface area contributed by atoms with Crippen molar-refractivity contribution in [2.45, 2.75) is 36.5 Å². The van der Waals surface area contributed by atoms with Crippen molar-refractivity contribution in [1.29, 1.82) is 0 Å². The first kappa shape index (κ1) is 20.9. The molecule has 2 aromatic rings. The zero-order valence-electron chi connectivity index (χ0n) is 15.2. The molecule has 1 aromatic carbocycles. The standard InChI is InChI=1S/C18H15ClF4N4O2S/c19-9-5-8(1-2-10(9)20)13(27-6-11(14(24)28)26-16(27)29)12-7-30-15(25-12)17(3-4-17)18(21,22)23/h1-2,5,7,11,13H,3-4,6H2,(H2,24,28)(H,26,29)/t11?,13-/m0/s1. The summed E-state index contributed by atoms with van der Waals surface area (Å²) in [5.74, 6) is -1.44. The largest absolute Gasteiger partial charge is 0.400 e. The van der Waals surface area contributed by atoms with Crippen LogP contribution in [-0.4, -0.2) is 40.6 Å². The van der Waals surface area contributed by atoms with E-state index in [4.69, 9.17) is 17.3 Å². The van der Waals surface area contributed by atoms with Gasteiger partial charge in [0.25, 0.3) is 0 Å². The Kier molecular flexibility index (Phi) is 4.93. The Hall–Kier alpha value is -2.40. The van der Waals surface area contributed by atoms with Gasteiger partial charge in [0, 0.05) is 5.38 Å². The lowest BCUT2D eigenvalue weighted by atomic mass is 10.0. The van der Waals surface area contributed by atoms with E-state index in [2.05, 4.69) is 10.3 Å². The predicted molar refractivity (Wildman–Crippen MR) is 101 cm³/mol. The molecule has 0 spiro atoms. The number of amides is 3. The molecule has 1 aliphatic carbocycles. The van der Waals surface area contributed by atoms with Crippen LogP contribution in [0, 0.1) is 5.82 Å². The number of halogens is 5. The van der Waals surface area contributed by atoms with E-state index >= 15 is 0 Å². The van der Waals surface area contributed by atoms with Gasteiger partial charge in [0.15, 0.2) is 0 Å². The number of nitrogens with one attached hydrogen (secondary N) is 1. The molecule has 12 heteroatoms. The van der Waals surface area contributed by atoms with Crippen LogP contribution >= 0.6 is 22.9 Å². The Balaban J connectivity index is 1.76. The van der Waals surface area contributed by atoms with Crippen molar-refractivity contribution in [2.75, 3.05) is 6.54 Å².